The monoisotopic (exact) mass is 433 g/mol. The molecule has 1 aromatic heterocycles. The van der Waals surface area contributed by atoms with Gasteiger partial charge >= 0.3 is 10.2 Å². The third-order valence-electron chi connectivity index (χ3n) is 3.22. The molecular weight excluding hydrogens is 413 g/mol. The van der Waals surface area contributed by atoms with Crippen LogP contribution in [-0.2, 0) is 15.0 Å². The fourth-order valence-electron chi connectivity index (χ4n) is 1.91. The molecule has 148 valence electrons. The molecule has 0 saturated carbocycles. The van der Waals surface area contributed by atoms with Crippen LogP contribution in [0.2, 0.25) is 0 Å². The van der Waals surface area contributed by atoms with Crippen LogP contribution >= 0.6 is 23.1 Å². The zero-order chi connectivity index (χ0) is 20.0. The Kier molecular flexibility index (Phi) is 7.53. The fraction of sp³-hybridized carbons (Fsp3) is 0.400. The van der Waals surface area contributed by atoms with Crippen LogP contribution in [0.4, 0.5) is 15.2 Å². The fourth-order valence-corrected chi connectivity index (χ4v) is 4.66. The maximum Gasteiger partial charge on any atom is 0.304 e. The molecule has 0 saturated heterocycles. The molecule has 0 aliphatic rings. The van der Waals surface area contributed by atoms with Crippen LogP contribution in [0.5, 0.6) is 0 Å². The number of hydrogen-bond donors (Lipinski definition) is 1. The van der Waals surface area contributed by atoms with Gasteiger partial charge in [-0.1, -0.05) is 30.0 Å². The molecular formula is C15H20FN5O3S3. The Labute approximate surface area is 166 Å². The second-order valence-electron chi connectivity index (χ2n) is 5.54. The highest BCUT2D eigenvalue weighted by molar-refractivity contribution is 8.01. The zero-order valence-electron chi connectivity index (χ0n) is 15.0. The average molecular weight is 434 g/mol. The normalized spacial score (nSPS) is 11.6. The van der Waals surface area contributed by atoms with Gasteiger partial charge < -0.3 is 0 Å². The van der Waals surface area contributed by atoms with Gasteiger partial charge in [0, 0.05) is 19.8 Å². The van der Waals surface area contributed by atoms with Crippen LogP contribution in [-0.4, -0.2) is 55.2 Å². The van der Waals surface area contributed by atoms with Crippen molar-refractivity contribution in [2.45, 2.75) is 17.7 Å². The van der Waals surface area contributed by atoms with E-state index in [2.05, 4.69) is 15.5 Å². The van der Waals surface area contributed by atoms with Crippen molar-refractivity contribution in [2.24, 2.45) is 0 Å². The summed E-state index contributed by atoms with van der Waals surface area (Å²) in [6.45, 7) is 1.56. The van der Waals surface area contributed by atoms with E-state index in [0.29, 0.717) is 5.13 Å². The molecule has 0 radical (unpaired) electrons. The number of thioether (sulfide) groups is 1. The Morgan fingerprint density at radius 1 is 1.26 bits per heavy atom. The van der Waals surface area contributed by atoms with Crippen LogP contribution in [0.3, 0.4) is 0 Å². The Bertz CT molecular complexity index is 871. The van der Waals surface area contributed by atoms with E-state index < -0.39 is 28.5 Å². The van der Waals surface area contributed by atoms with E-state index in [-0.39, 0.29) is 5.69 Å². The molecule has 0 aliphatic heterocycles. The zero-order valence-corrected chi connectivity index (χ0v) is 17.5. The second kappa shape index (κ2) is 9.44. The molecule has 0 bridgehead atoms. The minimum absolute atomic E-state index is 0.178. The summed E-state index contributed by atoms with van der Waals surface area (Å²) >= 11 is 2.75. The Balaban J connectivity index is 2.16. The highest BCUT2D eigenvalue weighted by atomic mass is 32.2. The lowest BCUT2D eigenvalue weighted by Gasteiger charge is -2.26. The lowest BCUT2D eigenvalue weighted by molar-refractivity contribution is -0.114. The second-order valence-corrected chi connectivity index (χ2v) is 9.93. The summed E-state index contributed by atoms with van der Waals surface area (Å²) < 4.78 is 40.9. The SMILES string of the molecule is CCCSc1nnc(NC(=O)CN(c2ccc(F)cc2)S(=O)(=O)N(C)C)s1. The van der Waals surface area contributed by atoms with Crippen LogP contribution in [0.15, 0.2) is 28.6 Å². The van der Waals surface area contributed by atoms with E-state index in [0.717, 1.165) is 37.3 Å². The number of amides is 1. The van der Waals surface area contributed by atoms with Crippen molar-refractivity contribution < 1.29 is 17.6 Å². The highest BCUT2D eigenvalue weighted by Gasteiger charge is 2.27. The lowest BCUT2D eigenvalue weighted by atomic mass is 10.3. The summed E-state index contributed by atoms with van der Waals surface area (Å²) in [5, 5.41) is 10.7. The first-order valence-corrected chi connectivity index (χ1v) is 11.2. The first kappa shape index (κ1) is 21.5. The van der Waals surface area contributed by atoms with E-state index in [4.69, 9.17) is 0 Å². The van der Waals surface area contributed by atoms with E-state index >= 15 is 0 Å². The molecule has 0 atom stereocenters. The molecule has 8 nitrogen and oxygen atoms in total. The van der Waals surface area contributed by atoms with Crippen molar-refractivity contribution in [1.29, 1.82) is 0 Å². The van der Waals surface area contributed by atoms with Gasteiger partial charge in [0.15, 0.2) is 4.34 Å². The largest absolute Gasteiger partial charge is 0.304 e. The first-order valence-electron chi connectivity index (χ1n) is 7.96. The highest BCUT2D eigenvalue weighted by Crippen LogP contribution is 2.26. The van der Waals surface area contributed by atoms with Gasteiger partial charge in [0.1, 0.15) is 12.4 Å². The molecule has 2 rings (SSSR count). The topological polar surface area (TPSA) is 95.5 Å². The molecule has 12 heteroatoms. The van der Waals surface area contributed by atoms with E-state index in [9.17, 15) is 17.6 Å². The lowest BCUT2D eigenvalue weighted by Crippen LogP contribution is -2.44. The van der Waals surface area contributed by atoms with Crippen LogP contribution < -0.4 is 9.62 Å². The van der Waals surface area contributed by atoms with Crippen LogP contribution in [0.1, 0.15) is 13.3 Å². The molecule has 1 N–H and O–H groups in total. The van der Waals surface area contributed by atoms with E-state index in [1.54, 1.807) is 0 Å². The minimum atomic E-state index is -3.95. The van der Waals surface area contributed by atoms with Crippen molar-refractivity contribution in [1.82, 2.24) is 14.5 Å². The van der Waals surface area contributed by atoms with Gasteiger partial charge in [-0.25, -0.2) is 8.70 Å². The number of hydrogen-bond acceptors (Lipinski definition) is 7. The number of rotatable bonds is 9. The number of carbonyl (C=O) groups excluding carboxylic acids is 1. The van der Waals surface area contributed by atoms with Crippen LogP contribution in [0.25, 0.3) is 0 Å². The van der Waals surface area contributed by atoms with Gasteiger partial charge in [-0.15, -0.1) is 10.2 Å². The number of benzene rings is 1. The van der Waals surface area contributed by atoms with Gasteiger partial charge in [0.25, 0.3) is 0 Å². The predicted octanol–water partition coefficient (Wildman–Crippen LogP) is 2.43. The quantitative estimate of drug-likeness (QED) is 0.482. The average Bonchev–Trinajstić information content (AvgIpc) is 3.05. The molecule has 0 spiro atoms. The van der Waals surface area contributed by atoms with Crippen molar-refractivity contribution in [3.8, 4) is 0 Å². The summed E-state index contributed by atoms with van der Waals surface area (Å²) in [6.07, 6.45) is 0.987. The summed E-state index contributed by atoms with van der Waals surface area (Å²) in [5.74, 6) is -0.188. The number of halogens is 1. The molecule has 1 heterocycles. The molecule has 1 amide bonds. The van der Waals surface area contributed by atoms with Crippen molar-refractivity contribution in [2.75, 3.05) is 36.0 Å². The number of nitrogens with one attached hydrogen (secondary N) is 1. The van der Waals surface area contributed by atoms with Gasteiger partial charge in [0.2, 0.25) is 11.0 Å². The molecule has 0 aliphatic carbocycles. The van der Waals surface area contributed by atoms with Gasteiger partial charge in [-0.2, -0.15) is 12.7 Å². The molecule has 0 unspecified atom stereocenters. The van der Waals surface area contributed by atoms with Crippen LogP contribution in [0, 0.1) is 5.82 Å². The minimum Gasteiger partial charge on any atom is -0.299 e. The number of anilines is 2. The standard InChI is InChI=1S/C15H20FN5O3S3/c1-4-9-25-15-19-18-14(26-15)17-13(22)10-21(27(23,24)20(2)3)12-7-5-11(16)6-8-12/h5-8H,4,9-10H2,1-3H3,(H,17,18,22). The van der Waals surface area contributed by atoms with Crippen molar-refractivity contribution >= 4 is 50.0 Å². The maximum atomic E-state index is 13.2. The Hall–Kier alpha value is -1.76. The molecule has 2 aromatic rings. The van der Waals surface area contributed by atoms with Gasteiger partial charge in [-0.3, -0.25) is 10.1 Å². The van der Waals surface area contributed by atoms with Gasteiger partial charge in [0.05, 0.1) is 5.69 Å². The summed E-state index contributed by atoms with van der Waals surface area (Å²) in [7, 11) is -1.25. The van der Waals surface area contributed by atoms with E-state index in [1.807, 2.05) is 6.92 Å². The van der Waals surface area contributed by atoms with Crippen molar-refractivity contribution in [3.05, 3.63) is 30.1 Å². The third kappa shape index (κ3) is 5.86. The molecule has 0 fully saturated rings. The predicted molar refractivity (Wildman–Crippen MR) is 106 cm³/mol. The van der Waals surface area contributed by atoms with Gasteiger partial charge in [-0.05, 0) is 30.7 Å². The molecule has 1 aromatic carbocycles. The first-order chi connectivity index (χ1) is 12.7. The summed E-state index contributed by atoms with van der Waals surface area (Å²) in [4.78, 5) is 12.4. The number of nitrogens with zero attached hydrogens (tertiary/aromatic N) is 4. The smallest absolute Gasteiger partial charge is 0.299 e. The summed E-state index contributed by atoms with van der Waals surface area (Å²) in [6, 6.07) is 4.86. The van der Waals surface area contributed by atoms with Crippen molar-refractivity contribution in [3.63, 3.8) is 0 Å². The number of aromatic nitrogens is 2. The number of carbonyl (C=O) groups is 1. The Morgan fingerprint density at radius 3 is 2.52 bits per heavy atom. The van der Waals surface area contributed by atoms with E-state index in [1.165, 1.54) is 49.3 Å². The summed E-state index contributed by atoms with van der Waals surface area (Å²) in [5.41, 5.74) is 0.178. The third-order valence-corrected chi connectivity index (χ3v) is 7.22. The maximum absolute atomic E-state index is 13.2. The Morgan fingerprint density at radius 2 is 1.93 bits per heavy atom. The molecule has 27 heavy (non-hydrogen) atoms.